The van der Waals surface area contributed by atoms with E-state index < -0.39 is 21.1 Å². The highest BCUT2D eigenvalue weighted by atomic mass is 32.2. The van der Waals surface area contributed by atoms with Crippen LogP contribution in [0.1, 0.15) is 12.7 Å². The van der Waals surface area contributed by atoms with Crippen LogP contribution in [-0.4, -0.2) is 57.2 Å². The number of rotatable bonds is 9. The summed E-state index contributed by atoms with van der Waals surface area (Å²) in [5, 5.41) is 7.44. The molecule has 0 aliphatic heterocycles. The summed E-state index contributed by atoms with van der Waals surface area (Å²) in [5.41, 5.74) is 1.12. The van der Waals surface area contributed by atoms with Crippen molar-refractivity contribution >= 4 is 16.0 Å². The van der Waals surface area contributed by atoms with Crippen LogP contribution in [-0.2, 0) is 23.5 Å². The normalized spacial score (nSPS) is 12.4. The monoisotopic (exact) mass is 501 g/mol. The topological polar surface area (TPSA) is 126 Å². The first-order chi connectivity index (χ1) is 16.7. The van der Waals surface area contributed by atoms with Gasteiger partial charge in [0.2, 0.25) is 16.0 Å². The number of para-hydroxylation sites is 1. The van der Waals surface area contributed by atoms with Crippen molar-refractivity contribution < 1.29 is 22.3 Å². The first kappa shape index (κ1) is 24.1. The van der Waals surface area contributed by atoms with E-state index >= 15 is 0 Å². The van der Waals surface area contributed by atoms with E-state index in [1.165, 1.54) is 25.7 Å². The standard InChI is InChI=1S/C22H24FN7O4S/c1-14(10-19-24-11-16(23)12-25-19)35(31,32)28-22-27-26-21(15-8-9-29(2)13-15)30(22)20-17(33-3)6-5-7-18(20)34-4/h5-9,11-14H,10H2,1-4H3,(H,27,28). The van der Waals surface area contributed by atoms with Crippen LogP contribution in [0.3, 0.4) is 0 Å². The predicted octanol–water partition coefficient (Wildman–Crippen LogP) is 2.59. The Balaban J connectivity index is 1.79. The van der Waals surface area contributed by atoms with Crippen molar-refractivity contribution in [1.29, 1.82) is 0 Å². The molecule has 0 spiro atoms. The van der Waals surface area contributed by atoms with Crippen molar-refractivity contribution in [2.45, 2.75) is 18.6 Å². The van der Waals surface area contributed by atoms with Gasteiger partial charge in [-0.15, -0.1) is 10.2 Å². The number of aromatic nitrogens is 6. The molecular formula is C22H24FN7O4S. The summed E-state index contributed by atoms with van der Waals surface area (Å²) >= 11 is 0. The van der Waals surface area contributed by atoms with Crippen LogP contribution in [0, 0.1) is 5.82 Å². The molecule has 0 saturated carbocycles. The van der Waals surface area contributed by atoms with E-state index in [1.54, 1.807) is 18.2 Å². The summed E-state index contributed by atoms with van der Waals surface area (Å²) in [6.07, 6.45) is 5.61. The second-order valence-electron chi connectivity index (χ2n) is 7.74. The van der Waals surface area contributed by atoms with Crippen LogP contribution in [0.4, 0.5) is 10.3 Å². The predicted molar refractivity (Wildman–Crippen MR) is 127 cm³/mol. The maximum atomic E-state index is 13.2. The maximum absolute atomic E-state index is 13.2. The van der Waals surface area contributed by atoms with Gasteiger partial charge in [-0.25, -0.2) is 22.8 Å². The minimum Gasteiger partial charge on any atom is -0.494 e. The van der Waals surface area contributed by atoms with E-state index in [-0.39, 0.29) is 18.2 Å². The zero-order valence-corrected chi connectivity index (χ0v) is 20.3. The number of nitrogens with one attached hydrogen (secondary N) is 1. The van der Waals surface area contributed by atoms with Crippen LogP contribution in [0.2, 0.25) is 0 Å². The van der Waals surface area contributed by atoms with E-state index in [1.807, 2.05) is 30.1 Å². The van der Waals surface area contributed by atoms with Gasteiger partial charge in [0.15, 0.2) is 11.6 Å². The number of halogens is 1. The average Bonchev–Trinajstić information content (AvgIpc) is 3.45. The summed E-state index contributed by atoms with van der Waals surface area (Å²) in [7, 11) is 0.868. The minimum absolute atomic E-state index is 0.0345. The fraction of sp³-hybridized carbons (Fsp3) is 0.273. The van der Waals surface area contributed by atoms with E-state index in [4.69, 9.17) is 9.47 Å². The molecule has 0 aliphatic carbocycles. The second-order valence-corrected chi connectivity index (χ2v) is 9.84. The Hall–Kier alpha value is -4.00. The molecule has 1 N–H and O–H groups in total. The molecule has 0 saturated heterocycles. The number of aryl methyl sites for hydroxylation is 1. The van der Waals surface area contributed by atoms with Gasteiger partial charge in [-0.2, -0.15) is 0 Å². The summed E-state index contributed by atoms with van der Waals surface area (Å²) in [5.74, 6) is 0.764. The summed E-state index contributed by atoms with van der Waals surface area (Å²) < 4.78 is 56.6. The maximum Gasteiger partial charge on any atom is 0.243 e. The number of sulfonamides is 1. The van der Waals surface area contributed by atoms with Gasteiger partial charge >= 0.3 is 0 Å². The van der Waals surface area contributed by atoms with E-state index in [9.17, 15) is 12.8 Å². The molecule has 1 aromatic carbocycles. The Morgan fingerprint density at radius 2 is 1.74 bits per heavy atom. The van der Waals surface area contributed by atoms with Crippen molar-refractivity contribution in [2.75, 3.05) is 18.9 Å². The fourth-order valence-electron chi connectivity index (χ4n) is 3.48. The molecule has 0 fully saturated rings. The van der Waals surface area contributed by atoms with Crippen molar-refractivity contribution in [3.8, 4) is 28.6 Å². The van der Waals surface area contributed by atoms with E-state index in [2.05, 4.69) is 24.9 Å². The van der Waals surface area contributed by atoms with Crippen molar-refractivity contribution in [1.82, 2.24) is 29.3 Å². The molecule has 13 heteroatoms. The number of hydrogen-bond donors (Lipinski definition) is 1. The number of anilines is 1. The van der Waals surface area contributed by atoms with Gasteiger partial charge in [0.25, 0.3) is 0 Å². The molecule has 184 valence electrons. The molecule has 0 amide bonds. The lowest BCUT2D eigenvalue weighted by atomic mass is 10.2. The molecule has 0 bridgehead atoms. The third kappa shape index (κ3) is 4.94. The lowest BCUT2D eigenvalue weighted by Gasteiger charge is -2.18. The smallest absolute Gasteiger partial charge is 0.243 e. The Kier molecular flexibility index (Phi) is 6.69. The summed E-state index contributed by atoms with van der Waals surface area (Å²) in [4.78, 5) is 7.70. The van der Waals surface area contributed by atoms with E-state index in [0.717, 1.165) is 12.4 Å². The Labute approximate surface area is 201 Å². The zero-order valence-electron chi connectivity index (χ0n) is 19.5. The van der Waals surface area contributed by atoms with Crippen molar-refractivity contribution in [2.24, 2.45) is 7.05 Å². The molecule has 11 nitrogen and oxygen atoms in total. The largest absolute Gasteiger partial charge is 0.494 e. The van der Waals surface area contributed by atoms with Gasteiger partial charge in [0.05, 0.1) is 31.9 Å². The molecule has 1 unspecified atom stereocenters. The number of methoxy groups -OCH3 is 2. The van der Waals surface area contributed by atoms with Gasteiger partial charge in [-0.1, -0.05) is 6.07 Å². The first-order valence-corrected chi connectivity index (χ1v) is 12.0. The third-order valence-corrected chi connectivity index (χ3v) is 6.98. The molecular weight excluding hydrogens is 477 g/mol. The fourth-order valence-corrected chi connectivity index (χ4v) is 4.43. The quantitative estimate of drug-likeness (QED) is 0.371. The lowest BCUT2D eigenvalue weighted by molar-refractivity contribution is 0.391. The van der Waals surface area contributed by atoms with Gasteiger partial charge in [-0.3, -0.25) is 9.29 Å². The van der Waals surface area contributed by atoms with Gasteiger partial charge < -0.3 is 14.0 Å². The molecule has 0 aliphatic rings. The van der Waals surface area contributed by atoms with Crippen molar-refractivity contribution in [3.05, 3.63) is 60.7 Å². The van der Waals surface area contributed by atoms with Crippen LogP contribution < -0.4 is 14.2 Å². The highest BCUT2D eigenvalue weighted by Crippen LogP contribution is 2.37. The summed E-state index contributed by atoms with van der Waals surface area (Å²) in [6.45, 7) is 1.50. The van der Waals surface area contributed by atoms with Crippen LogP contribution in [0.5, 0.6) is 11.5 Å². The van der Waals surface area contributed by atoms with Crippen molar-refractivity contribution in [3.63, 3.8) is 0 Å². The Morgan fingerprint density at radius 1 is 1.09 bits per heavy atom. The average molecular weight is 502 g/mol. The van der Waals surface area contributed by atoms with Crippen LogP contribution in [0.25, 0.3) is 17.1 Å². The number of benzene rings is 1. The molecule has 4 rings (SSSR count). The second kappa shape index (κ2) is 9.70. The van der Waals surface area contributed by atoms with E-state index in [0.29, 0.717) is 28.6 Å². The number of hydrogen-bond acceptors (Lipinski definition) is 8. The highest BCUT2D eigenvalue weighted by Gasteiger charge is 2.28. The molecule has 4 aromatic rings. The molecule has 3 heterocycles. The molecule has 3 aromatic heterocycles. The number of ether oxygens (including phenoxy) is 2. The highest BCUT2D eigenvalue weighted by molar-refractivity contribution is 7.93. The Morgan fingerprint density at radius 3 is 2.31 bits per heavy atom. The van der Waals surface area contributed by atoms with Crippen LogP contribution >= 0.6 is 0 Å². The SMILES string of the molecule is COc1cccc(OC)c1-n1c(NS(=O)(=O)C(C)Cc2ncc(F)cn2)nnc1-c1ccn(C)c1. The van der Waals surface area contributed by atoms with Gasteiger partial charge in [0, 0.05) is 31.4 Å². The summed E-state index contributed by atoms with van der Waals surface area (Å²) in [6, 6.07) is 7.02. The molecule has 0 radical (unpaired) electrons. The Bertz CT molecular complexity index is 1410. The van der Waals surface area contributed by atoms with Gasteiger partial charge in [0.1, 0.15) is 23.0 Å². The molecule has 35 heavy (non-hydrogen) atoms. The lowest BCUT2D eigenvalue weighted by Crippen LogP contribution is -2.29. The van der Waals surface area contributed by atoms with Gasteiger partial charge in [-0.05, 0) is 25.1 Å². The number of nitrogens with zero attached hydrogens (tertiary/aromatic N) is 6. The zero-order chi connectivity index (χ0) is 25.2. The third-order valence-electron chi connectivity index (χ3n) is 5.29. The molecule has 1 atom stereocenters. The van der Waals surface area contributed by atoms with Crippen LogP contribution in [0.15, 0.2) is 49.1 Å². The minimum atomic E-state index is -3.99. The first-order valence-electron chi connectivity index (χ1n) is 10.5.